The number of thiazole rings is 1. The molecule has 1 N–H and O–H groups in total. The maximum atomic E-state index is 4.93. The summed E-state index contributed by atoms with van der Waals surface area (Å²) >= 11 is 4.01. The van der Waals surface area contributed by atoms with Gasteiger partial charge in [0.15, 0.2) is 0 Å². The van der Waals surface area contributed by atoms with Crippen molar-refractivity contribution < 1.29 is 0 Å². The molecule has 4 heteroatoms. The van der Waals surface area contributed by atoms with Gasteiger partial charge in [-0.25, -0.2) is 4.98 Å². The molecule has 1 aromatic heterocycles. The van der Waals surface area contributed by atoms with Crippen molar-refractivity contribution in [3.63, 3.8) is 0 Å². The maximum Gasteiger partial charge on any atom is 0.110 e. The molecule has 0 spiro atoms. The van der Waals surface area contributed by atoms with Crippen molar-refractivity contribution in [1.82, 2.24) is 10.3 Å². The van der Waals surface area contributed by atoms with E-state index in [2.05, 4.69) is 19.2 Å². The second-order valence-corrected chi connectivity index (χ2v) is 7.63. The van der Waals surface area contributed by atoms with E-state index in [0.29, 0.717) is 6.04 Å². The van der Waals surface area contributed by atoms with Crippen molar-refractivity contribution in [3.8, 4) is 0 Å². The Morgan fingerprint density at radius 1 is 1.32 bits per heavy atom. The molecule has 0 bridgehead atoms. The lowest BCUT2D eigenvalue weighted by molar-refractivity contribution is 0.517. The Morgan fingerprint density at radius 2 is 2.16 bits per heavy atom. The Kier molecular flexibility index (Phi) is 6.68. The molecule has 108 valence electrons. The van der Waals surface area contributed by atoms with Crippen LogP contribution in [0, 0.1) is 0 Å². The zero-order valence-corrected chi connectivity index (χ0v) is 13.8. The van der Waals surface area contributed by atoms with Gasteiger partial charge in [-0.2, -0.15) is 11.8 Å². The lowest BCUT2D eigenvalue weighted by Crippen LogP contribution is -2.22. The average molecular weight is 299 g/mol. The lowest BCUT2D eigenvalue weighted by Gasteiger charge is -2.15. The van der Waals surface area contributed by atoms with Gasteiger partial charge in [0, 0.05) is 4.88 Å². The summed E-state index contributed by atoms with van der Waals surface area (Å²) in [7, 11) is 0. The third kappa shape index (κ3) is 4.47. The number of thioether (sulfide) groups is 1. The normalized spacial score (nSPS) is 16.3. The second kappa shape index (κ2) is 8.28. The van der Waals surface area contributed by atoms with Crippen LogP contribution >= 0.6 is 23.1 Å². The third-order valence-electron chi connectivity index (χ3n) is 3.56. The monoisotopic (exact) mass is 298 g/mol. The van der Waals surface area contributed by atoms with Crippen LogP contribution in [0.2, 0.25) is 0 Å². The molecule has 1 aromatic rings. The molecule has 2 nitrogen and oxygen atoms in total. The predicted octanol–water partition coefficient (Wildman–Crippen LogP) is 4.21. The molecule has 1 heterocycles. The summed E-state index contributed by atoms with van der Waals surface area (Å²) in [6.07, 6.45) is 7.56. The molecule has 0 aromatic carbocycles. The van der Waals surface area contributed by atoms with Crippen LogP contribution < -0.4 is 5.32 Å². The van der Waals surface area contributed by atoms with Crippen LogP contribution in [0.1, 0.15) is 61.2 Å². The highest BCUT2D eigenvalue weighted by Crippen LogP contribution is 2.31. The molecule has 1 unspecified atom stereocenters. The highest BCUT2D eigenvalue weighted by atomic mass is 32.2. The molecule has 0 saturated carbocycles. The standard InChI is InChI=1S/C15H26N2S2/c1-3-10-16-13(9-11-18-4-2)15-17-12-7-5-6-8-14(12)19-15/h13,16H,3-11H2,1-2H3. The quantitative estimate of drug-likeness (QED) is 0.728. The van der Waals surface area contributed by atoms with E-state index in [0.717, 1.165) is 6.54 Å². The van der Waals surface area contributed by atoms with Crippen LogP contribution in [-0.2, 0) is 12.8 Å². The van der Waals surface area contributed by atoms with Crippen LogP contribution in [0.5, 0.6) is 0 Å². The summed E-state index contributed by atoms with van der Waals surface area (Å²) in [5, 5.41) is 5.03. The lowest BCUT2D eigenvalue weighted by atomic mass is 10.0. The Morgan fingerprint density at radius 3 is 2.89 bits per heavy atom. The fourth-order valence-corrected chi connectivity index (χ4v) is 4.45. The van der Waals surface area contributed by atoms with Crippen molar-refractivity contribution in [2.75, 3.05) is 18.1 Å². The zero-order valence-electron chi connectivity index (χ0n) is 12.2. The van der Waals surface area contributed by atoms with E-state index in [1.165, 1.54) is 60.7 Å². The van der Waals surface area contributed by atoms with E-state index in [1.54, 1.807) is 4.88 Å². The van der Waals surface area contributed by atoms with Crippen molar-refractivity contribution in [2.24, 2.45) is 0 Å². The molecule has 0 radical (unpaired) electrons. The van der Waals surface area contributed by atoms with Gasteiger partial charge in [-0.1, -0.05) is 13.8 Å². The molecule has 0 fully saturated rings. The highest BCUT2D eigenvalue weighted by Gasteiger charge is 2.20. The van der Waals surface area contributed by atoms with Gasteiger partial charge in [-0.3, -0.25) is 0 Å². The summed E-state index contributed by atoms with van der Waals surface area (Å²) in [5.74, 6) is 2.46. The molecule has 2 rings (SSSR count). The van der Waals surface area contributed by atoms with Gasteiger partial charge in [0.1, 0.15) is 5.01 Å². The van der Waals surface area contributed by atoms with Crippen LogP contribution in [0.4, 0.5) is 0 Å². The van der Waals surface area contributed by atoms with Gasteiger partial charge >= 0.3 is 0 Å². The van der Waals surface area contributed by atoms with E-state index < -0.39 is 0 Å². The molecular formula is C15H26N2S2. The minimum Gasteiger partial charge on any atom is -0.308 e. The number of hydrogen-bond donors (Lipinski definition) is 1. The Bertz CT molecular complexity index is 353. The van der Waals surface area contributed by atoms with E-state index in [4.69, 9.17) is 4.98 Å². The van der Waals surface area contributed by atoms with Crippen molar-refractivity contribution in [1.29, 1.82) is 0 Å². The Balaban J connectivity index is 2.01. The first-order valence-electron chi connectivity index (χ1n) is 7.64. The van der Waals surface area contributed by atoms with Gasteiger partial charge in [-0.15, -0.1) is 11.3 Å². The zero-order chi connectivity index (χ0) is 13.5. The van der Waals surface area contributed by atoms with E-state index in [-0.39, 0.29) is 0 Å². The smallest absolute Gasteiger partial charge is 0.110 e. The van der Waals surface area contributed by atoms with Crippen LogP contribution in [0.3, 0.4) is 0 Å². The van der Waals surface area contributed by atoms with E-state index in [9.17, 15) is 0 Å². The molecule has 19 heavy (non-hydrogen) atoms. The minimum atomic E-state index is 0.481. The van der Waals surface area contributed by atoms with E-state index in [1.807, 2.05) is 23.1 Å². The fourth-order valence-electron chi connectivity index (χ4n) is 2.50. The van der Waals surface area contributed by atoms with Gasteiger partial charge in [-0.05, 0) is 56.6 Å². The number of aryl methyl sites for hydroxylation is 2. The van der Waals surface area contributed by atoms with Gasteiger partial charge in [0.25, 0.3) is 0 Å². The summed E-state index contributed by atoms with van der Waals surface area (Å²) in [5.41, 5.74) is 1.40. The van der Waals surface area contributed by atoms with Gasteiger partial charge in [0.05, 0.1) is 11.7 Å². The first-order valence-corrected chi connectivity index (χ1v) is 9.61. The van der Waals surface area contributed by atoms with Crippen molar-refractivity contribution >= 4 is 23.1 Å². The molecule has 1 aliphatic rings. The molecule has 0 saturated heterocycles. The third-order valence-corrected chi connectivity index (χ3v) is 5.76. The molecular weight excluding hydrogens is 272 g/mol. The maximum absolute atomic E-state index is 4.93. The number of nitrogens with one attached hydrogen (secondary N) is 1. The largest absolute Gasteiger partial charge is 0.308 e. The van der Waals surface area contributed by atoms with Crippen molar-refractivity contribution in [2.45, 2.75) is 58.4 Å². The summed E-state index contributed by atoms with van der Waals surface area (Å²) in [6.45, 7) is 5.57. The van der Waals surface area contributed by atoms with Gasteiger partial charge < -0.3 is 5.32 Å². The number of nitrogens with zero attached hydrogens (tertiary/aromatic N) is 1. The minimum absolute atomic E-state index is 0.481. The summed E-state index contributed by atoms with van der Waals surface area (Å²) in [4.78, 5) is 6.49. The summed E-state index contributed by atoms with van der Waals surface area (Å²) < 4.78 is 0. The van der Waals surface area contributed by atoms with Crippen molar-refractivity contribution in [3.05, 3.63) is 15.6 Å². The second-order valence-electron chi connectivity index (χ2n) is 5.12. The highest BCUT2D eigenvalue weighted by molar-refractivity contribution is 7.99. The van der Waals surface area contributed by atoms with Crippen LogP contribution in [0.15, 0.2) is 0 Å². The molecule has 1 atom stereocenters. The first kappa shape index (κ1) is 15.3. The Hall–Kier alpha value is -0.0600. The van der Waals surface area contributed by atoms with Gasteiger partial charge in [0.2, 0.25) is 0 Å². The SMILES string of the molecule is CCCNC(CCSCC)c1nc2c(s1)CCCC2. The number of hydrogen-bond acceptors (Lipinski definition) is 4. The predicted molar refractivity (Wildman–Crippen MR) is 87.4 cm³/mol. The van der Waals surface area contributed by atoms with Crippen LogP contribution in [-0.4, -0.2) is 23.0 Å². The van der Waals surface area contributed by atoms with E-state index >= 15 is 0 Å². The average Bonchev–Trinajstić information content (AvgIpc) is 2.86. The van der Waals surface area contributed by atoms with Crippen LogP contribution in [0.25, 0.3) is 0 Å². The molecule has 1 aliphatic carbocycles. The number of fused-ring (bicyclic) bond motifs is 1. The topological polar surface area (TPSA) is 24.9 Å². The number of aromatic nitrogens is 1. The molecule has 0 amide bonds. The fraction of sp³-hybridized carbons (Fsp3) is 0.800. The first-order chi connectivity index (χ1) is 9.35. The Labute approximate surface area is 125 Å². The number of rotatable bonds is 8. The molecule has 0 aliphatic heterocycles. The summed E-state index contributed by atoms with van der Waals surface area (Å²) in [6, 6.07) is 0.481.